The normalized spacial score (nSPS) is 13.6. The molecular formula is C27H40N4S. The maximum Gasteiger partial charge on any atom is 0.186 e. The molecule has 0 amide bonds. The fourth-order valence-corrected chi connectivity index (χ4v) is 4.52. The van der Waals surface area contributed by atoms with Gasteiger partial charge in [-0.25, -0.2) is 9.98 Å². The second-order valence-corrected chi connectivity index (χ2v) is 8.87. The Hall–Kier alpha value is -2.40. The van der Waals surface area contributed by atoms with Gasteiger partial charge < -0.3 is 10.2 Å². The zero-order chi connectivity index (χ0) is 23.5. The topological polar surface area (TPSA) is 40.5 Å². The molecule has 0 atom stereocenters. The first-order valence-corrected chi connectivity index (χ1v) is 12.9. The van der Waals surface area contributed by atoms with Gasteiger partial charge in [0.25, 0.3) is 0 Å². The molecule has 1 N–H and O–H groups in total. The van der Waals surface area contributed by atoms with Crippen molar-refractivity contribution in [3.8, 4) is 11.3 Å². The average molecular weight is 453 g/mol. The van der Waals surface area contributed by atoms with E-state index in [-0.39, 0.29) is 0 Å². The molecule has 1 heterocycles. The summed E-state index contributed by atoms with van der Waals surface area (Å²) in [6.07, 6.45) is 8.73. The molecule has 0 spiro atoms. The number of nitrogens with zero attached hydrogens (tertiary/aromatic N) is 3. The summed E-state index contributed by atoms with van der Waals surface area (Å²) in [4.78, 5) is 13.5. The number of hydrogen-bond donors (Lipinski definition) is 1. The van der Waals surface area contributed by atoms with Gasteiger partial charge in [-0.2, -0.15) is 0 Å². The zero-order valence-electron chi connectivity index (χ0n) is 20.7. The second kappa shape index (κ2) is 13.2. The van der Waals surface area contributed by atoms with Crippen molar-refractivity contribution in [2.75, 3.05) is 18.0 Å². The van der Waals surface area contributed by atoms with E-state index in [9.17, 15) is 0 Å². The molecule has 1 aromatic carbocycles. The number of nitrogens with one attached hydrogen (secondary N) is 1. The van der Waals surface area contributed by atoms with E-state index in [1.54, 1.807) is 11.3 Å². The number of hydrogen-bond acceptors (Lipinski definition) is 5. The van der Waals surface area contributed by atoms with Gasteiger partial charge >= 0.3 is 0 Å². The van der Waals surface area contributed by atoms with Crippen LogP contribution in [-0.4, -0.2) is 29.8 Å². The maximum atomic E-state index is 5.12. The van der Waals surface area contributed by atoms with Crippen LogP contribution < -0.4 is 10.2 Å². The van der Waals surface area contributed by atoms with Crippen LogP contribution in [0.4, 0.5) is 5.13 Å². The Morgan fingerprint density at radius 3 is 2.50 bits per heavy atom. The number of thiazole rings is 1. The highest BCUT2D eigenvalue weighted by atomic mass is 32.1. The number of rotatable bonds is 11. The highest BCUT2D eigenvalue weighted by Gasteiger charge is 2.23. The molecule has 4 nitrogen and oxygen atoms in total. The summed E-state index contributed by atoms with van der Waals surface area (Å²) in [6.45, 7) is 18.8. The number of aryl methyl sites for hydroxylation is 1. The van der Waals surface area contributed by atoms with Gasteiger partial charge in [0.1, 0.15) is 5.82 Å². The summed E-state index contributed by atoms with van der Waals surface area (Å²) < 4.78 is 0. The van der Waals surface area contributed by atoms with Crippen molar-refractivity contribution in [2.24, 2.45) is 4.99 Å². The first-order valence-electron chi connectivity index (χ1n) is 12.1. The number of anilines is 1. The lowest BCUT2D eigenvalue weighted by atomic mass is 10.1. The zero-order valence-corrected chi connectivity index (χ0v) is 21.6. The van der Waals surface area contributed by atoms with Crippen LogP contribution >= 0.6 is 11.3 Å². The molecule has 2 aromatic rings. The van der Waals surface area contributed by atoms with Crippen LogP contribution in [0.15, 0.2) is 53.8 Å². The molecule has 0 radical (unpaired) electrons. The van der Waals surface area contributed by atoms with E-state index in [4.69, 9.17) is 9.98 Å². The van der Waals surface area contributed by atoms with Gasteiger partial charge in [0.05, 0.1) is 16.3 Å². The Kier molecular flexibility index (Phi) is 10.7. The minimum Gasteiger partial charge on any atom is -0.368 e. The molecule has 3 rings (SSSR count). The number of allylic oxidation sites excluding steroid dienone is 2. The van der Waals surface area contributed by atoms with Crippen LogP contribution in [0.2, 0.25) is 0 Å². The van der Waals surface area contributed by atoms with Crippen molar-refractivity contribution >= 4 is 22.2 Å². The molecule has 174 valence electrons. The summed E-state index contributed by atoms with van der Waals surface area (Å²) in [5, 5.41) is 4.48. The third kappa shape index (κ3) is 7.33. The van der Waals surface area contributed by atoms with Crippen LogP contribution in [0.25, 0.3) is 11.3 Å². The van der Waals surface area contributed by atoms with E-state index in [0.717, 1.165) is 58.7 Å². The molecule has 1 aliphatic rings. The highest BCUT2D eigenvalue weighted by Crippen LogP contribution is 2.35. The van der Waals surface area contributed by atoms with E-state index in [0.29, 0.717) is 6.04 Å². The smallest absolute Gasteiger partial charge is 0.186 e. The van der Waals surface area contributed by atoms with E-state index in [1.807, 2.05) is 26.8 Å². The van der Waals surface area contributed by atoms with Gasteiger partial charge in [0, 0.05) is 24.7 Å². The van der Waals surface area contributed by atoms with Crippen molar-refractivity contribution in [1.82, 2.24) is 10.3 Å². The SMILES string of the molecule is C=C(/N=C(\C=C/C)c1sc(N(CCC)CCC)nc1-c1cccc(C)c1)NC1CC1.CC. The molecule has 0 bridgehead atoms. The third-order valence-electron chi connectivity index (χ3n) is 4.93. The number of aliphatic imine (C=N–C) groups is 1. The predicted octanol–water partition coefficient (Wildman–Crippen LogP) is 7.36. The van der Waals surface area contributed by atoms with E-state index in [1.165, 1.54) is 18.4 Å². The predicted molar refractivity (Wildman–Crippen MR) is 143 cm³/mol. The largest absolute Gasteiger partial charge is 0.368 e. The molecule has 1 aliphatic carbocycles. The van der Waals surface area contributed by atoms with Crippen LogP contribution in [0, 0.1) is 6.92 Å². The fraction of sp³-hybridized carbons (Fsp3) is 0.481. The second-order valence-electron chi connectivity index (χ2n) is 7.89. The highest BCUT2D eigenvalue weighted by molar-refractivity contribution is 7.18. The Labute approximate surface area is 199 Å². The van der Waals surface area contributed by atoms with Crippen LogP contribution in [-0.2, 0) is 0 Å². The Bertz CT molecular complexity index is 915. The van der Waals surface area contributed by atoms with Gasteiger partial charge in [-0.05, 0) is 51.7 Å². The summed E-state index contributed by atoms with van der Waals surface area (Å²) in [5.41, 5.74) is 4.30. The van der Waals surface area contributed by atoms with Crippen molar-refractivity contribution in [2.45, 2.75) is 73.3 Å². The first-order chi connectivity index (χ1) is 15.5. The monoisotopic (exact) mass is 452 g/mol. The van der Waals surface area contributed by atoms with Crippen molar-refractivity contribution < 1.29 is 0 Å². The van der Waals surface area contributed by atoms with Crippen LogP contribution in [0.1, 0.15) is 70.7 Å². The van der Waals surface area contributed by atoms with Gasteiger partial charge in [0.15, 0.2) is 5.13 Å². The van der Waals surface area contributed by atoms with Crippen molar-refractivity contribution in [1.29, 1.82) is 0 Å². The molecule has 1 aromatic heterocycles. The minimum atomic E-state index is 0.533. The molecular weight excluding hydrogens is 412 g/mol. The van der Waals surface area contributed by atoms with Crippen LogP contribution in [0.3, 0.4) is 0 Å². The van der Waals surface area contributed by atoms with E-state index in [2.05, 4.69) is 67.9 Å². The fourth-order valence-electron chi connectivity index (χ4n) is 3.41. The summed E-state index contributed by atoms with van der Waals surface area (Å²) >= 11 is 1.74. The van der Waals surface area contributed by atoms with Crippen LogP contribution in [0.5, 0.6) is 0 Å². The lowest BCUT2D eigenvalue weighted by molar-refractivity contribution is 0.742. The standard InChI is InChI=1S/C25H34N4S.C2H6/c1-6-10-22(27-19(5)26-21-13-14-21)24-23(20-12-9-11-18(4)17-20)28-25(30-24)29(15-7-2)16-8-3;1-2/h6,9-12,17,21,26H,5,7-8,13-16H2,1-4H3;1-2H3/b10-6-,27-22+;. The van der Waals surface area contributed by atoms with E-state index < -0.39 is 0 Å². The summed E-state index contributed by atoms with van der Waals surface area (Å²) in [6, 6.07) is 9.11. The summed E-state index contributed by atoms with van der Waals surface area (Å²) in [5.74, 6) is 0.731. The van der Waals surface area contributed by atoms with E-state index >= 15 is 0 Å². The molecule has 0 unspecified atom stereocenters. The van der Waals surface area contributed by atoms with Crippen molar-refractivity contribution in [3.05, 3.63) is 59.3 Å². The minimum absolute atomic E-state index is 0.533. The molecule has 32 heavy (non-hydrogen) atoms. The van der Waals surface area contributed by atoms with Crippen molar-refractivity contribution in [3.63, 3.8) is 0 Å². The molecule has 0 aliphatic heterocycles. The molecule has 1 fully saturated rings. The first kappa shape index (κ1) is 25.9. The van der Waals surface area contributed by atoms with Gasteiger partial charge in [-0.15, -0.1) is 0 Å². The number of benzene rings is 1. The Balaban J connectivity index is 0.00000176. The lowest BCUT2D eigenvalue weighted by Gasteiger charge is -2.20. The average Bonchev–Trinajstić information content (AvgIpc) is 3.48. The maximum absolute atomic E-state index is 5.12. The van der Waals surface area contributed by atoms with Gasteiger partial charge in [0.2, 0.25) is 0 Å². The molecule has 0 saturated heterocycles. The molecule has 5 heteroatoms. The third-order valence-corrected chi connectivity index (χ3v) is 6.06. The van der Waals surface area contributed by atoms with Gasteiger partial charge in [-0.1, -0.05) is 75.4 Å². The summed E-state index contributed by atoms with van der Waals surface area (Å²) in [7, 11) is 0. The lowest BCUT2D eigenvalue weighted by Crippen LogP contribution is -2.24. The number of aromatic nitrogens is 1. The molecule has 1 saturated carbocycles. The Morgan fingerprint density at radius 1 is 1.25 bits per heavy atom. The quantitative estimate of drug-likeness (QED) is 0.362. The van der Waals surface area contributed by atoms with Gasteiger partial charge in [-0.3, -0.25) is 0 Å². The Morgan fingerprint density at radius 2 is 1.94 bits per heavy atom.